The van der Waals surface area contributed by atoms with Gasteiger partial charge in [-0.05, 0) is 70.5 Å². The molecule has 4 rings (SSSR count). The highest BCUT2D eigenvalue weighted by atomic mass is 16.2. The highest BCUT2D eigenvalue weighted by molar-refractivity contribution is 6.35. The third kappa shape index (κ3) is 5.32. The molecule has 4 aliphatic rings. The SMILES string of the molecule is CN1CCC(N2CCC(NC(=O)C(=O)N3CCC(C4CCCC4)CC3)CC2)CC1. The third-order valence-corrected chi connectivity index (χ3v) is 8.16. The van der Waals surface area contributed by atoms with Gasteiger partial charge in [0.15, 0.2) is 0 Å². The number of amides is 2. The van der Waals surface area contributed by atoms with Gasteiger partial charge in [-0.1, -0.05) is 25.7 Å². The standard InChI is InChI=1S/C23H40N4O2/c1-25-12-10-21(11-13-25)26-16-8-20(9-17-26)24-22(28)23(29)27-14-6-19(7-15-27)18-4-2-3-5-18/h18-21H,2-17H2,1H3,(H,24,28). The maximum Gasteiger partial charge on any atom is 0.311 e. The van der Waals surface area contributed by atoms with Crippen LogP contribution in [0, 0.1) is 11.8 Å². The van der Waals surface area contributed by atoms with Crippen molar-refractivity contribution in [2.24, 2.45) is 11.8 Å². The first-order valence-electron chi connectivity index (χ1n) is 12.1. The van der Waals surface area contributed by atoms with E-state index in [0.29, 0.717) is 6.04 Å². The predicted molar refractivity (Wildman–Crippen MR) is 115 cm³/mol. The molecule has 0 aromatic carbocycles. The normalized spacial score (nSPS) is 27.4. The summed E-state index contributed by atoms with van der Waals surface area (Å²) >= 11 is 0. The van der Waals surface area contributed by atoms with E-state index in [2.05, 4.69) is 22.2 Å². The van der Waals surface area contributed by atoms with E-state index in [1.165, 1.54) is 51.6 Å². The molecule has 0 atom stereocenters. The molecule has 0 aromatic rings. The molecule has 0 radical (unpaired) electrons. The van der Waals surface area contributed by atoms with Gasteiger partial charge in [0.25, 0.3) is 0 Å². The van der Waals surface area contributed by atoms with Crippen molar-refractivity contribution in [1.82, 2.24) is 20.0 Å². The number of hydrogen-bond acceptors (Lipinski definition) is 4. The van der Waals surface area contributed by atoms with E-state index in [4.69, 9.17) is 0 Å². The number of hydrogen-bond donors (Lipinski definition) is 1. The van der Waals surface area contributed by atoms with Crippen LogP contribution in [-0.4, -0.2) is 84.9 Å². The Morgan fingerprint density at radius 3 is 1.93 bits per heavy atom. The molecule has 2 amide bonds. The molecule has 1 N–H and O–H groups in total. The highest BCUT2D eigenvalue weighted by Crippen LogP contribution is 2.36. The van der Waals surface area contributed by atoms with Crippen molar-refractivity contribution in [1.29, 1.82) is 0 Å². The van der Waals surface area contributed by atoms with Gasteiger partial charge in [-0.3, -0.25) is 9.59 Å². The fourth-order valence-corrected chi connectivity index (χ4v) is 6.16. The van der Waals surface area contributed by atoms with Crippen LogP contribution in [0.4, 0.5) is 0 Å². The van der Waals surface area contributed by atoms with Crippen LogP contribution < -0.4 is 5.32 Å². The Hall–Kier alpha value is -1.14. The number of likely N-dealkylation sites (tertiary alicyclic amines) is 3. The summed E-state index contributed by atoms with van der Waals surface area (Å²) in [5.74, 6) is 0.971. The second-order valence-corrected chi connectivity index (χ2v) is 9.99. The van der Waals surface area contributed by atoms with E-state index < -0.39 is 0 Å². The van der Waals surface area contributed by atoms with Gasteiger partial charge in [-0.15, -0.1) is 0 Å². The van der Waals surface area contributed by atoms with Crippen LogP contribution in [0.15, 0.2) is 0 Å². The molecule has 164 valence electrons. The Balaban J connectivity index is 1.16. The van der Waals surface area contributed by atoms with Crippen molar-refractivity contribution in [3.8, 4) is 0 Å². The molecule has 6 nitrogen and oxygen atoms in total. The lowest BCUT2D eigenvalue weighted by Gasteiger charge is -2.41. The molecular formula is C23H40N4O2. The van der Waals surface area contributed by atoms with Crippen molar-refractivity contribution in [2.45, 2.75) is 76.3 Å². The van der Waals surface area contributed by atoms with Gasteiger partial charge in [0, 0.05) is 38.3 Å². The summed E-state index contributed by atoms with van der Waals surface area (Å²) in [5.41, 5.74) is 0. The molecule has 0 unspecified atom stereocenters. The summed E-state index contributed by atoms with van der Waals surface area (Å²) in [6, 6.07) is 0.857. The van der Waals surface area contributed by atoms with Crippen LogP contribution in [0.2, 0.25) is 0 Å². The van der Waals surface area contributed by atoms with Gasteiger partial charge in [0.2, 0.25) is 0 Å². The molecule has 3 heterocycles. The van der Waals surface area contributed by atoms with Crippen molar-refractivity contribution in [3.63, 3.8) is 0 Å². The lowest BCUT2D eigenvalue weighted by molar-refractivity contribution is -0.147. The zero-order valence-electron chi connectivity index (χ0n) is 18.3. The highest BCUT2D eigenvalue weighted by Gasteiger charge is 2.33. The van der Waals surface area contributed by atoms with Crippen molar-refractivity contribution in [2.75, 3.05) is 46.3 Å². The molecule has 1 saturated carbocycles. The molecule has 1 aliphatic carbocycles. The van der Waals surface area contributed by atoms with Crippen LogP contribution >= 0.6 is 0 Å². The molecule has 3 aliphatic heterocycles. The zero-order chi connectivity index (χ0) is 20.2. The van der Waals surface area contributed by atoms with E-state index in [-0.39, 0.29) is 17.9 Å². The Bertz CT molecular complexity index is 553. The fourth-order valence-electron chi connectivity index (χ4n) is 6.16. The molecule has 0 spiro atoms. The Morgan fingerprint density at radius 1 is 0.724 bits per heavy atom. The minimum Gasteiger partial charge on any atom is -0.345 e. The summed E-state index contributed by atoms with van der Waals surface area (Å²) in [5, 5.41) is 3.05. The Morgan fingerprint density at radius 2 is 1.31 bits per heavy atom. The summed E-state index contributed by atoms with van der Waals surface area (Å²) in [6.07, 6.45) is 12.1. The maximum atomic E-state index is 12.6. The zero-order valence-corrected chi connectivity index (χ0v) is 18.3. The first kappa shape index (κ1) is 21.1. The van der Waals surface area contributed by atoms with E-state index in [1.807, 2.05) is 0 Å². The van der Waals surface area contributed by atoms with Crippen molar-refractivity contribution >= 4 is 11.8 Å². The first-order chi connectivity index (χ1) is 14.1. The van der Waals surface area contributed by atoms with Crippen LogP contribution in [-0.2, 0) is 9.59 Å². The minimum atomic E-state index is -0.373. The molecule has 0 bridgehead atoms. The molecule has 0 aromatic heterocycles. The largest absolute Gasteiger partial charge is 0.345 e. The number of nitrogens with one attached hydrogen (secondary N) is 1. The lowest BCUT2D eigenvalue weighted by atomic mass is 9.83. The van der Waals surface area contributed by atoms with E-state index in [0.717, 1.165) is 63.7 Å². The molecule has 6 heteroatoms. The van der Waals surface area contributed by atoms with Gasteiger partial charge in [-0.25, -0.2) is 0 Å². The number of carbonyl (C=O) groups is 2. The summed E-state index contributed by atoms with van der Waals surface area (Å²) in [7, 11) is 2.20. The Kier molecular flexibility index (Phi) is 7.12. The minimum absolute atomic E-state index is 0.157. The van der Waals surface area contributed by atoms with Crippen LogP contribution in [0.3, 0.4) is 0 Å². The third-order valence-electron chi connectivity index (χ3n) is 8.16. The number of rotatable bonds is 3. The van der Waals surface area contributed by atoms with Crippen LogP contribution in [0.25, 0.3) is 0 Å². The van der Waals surface area contributed by atoms with Gasteiger partial charge in [-0.2, -0.15) is 0 Å². The monoisotopic (exact) mass is 404 g/mol. The second-order valence-electron chi connectivity index (χ2n) is 9.99. The number of carbonyl (C=O) groups excluding carboxylic acids is 2. The van der Waals surface area contributed by atoms with Crippen molar-refractivity contribution in [3.05, 3.63) is 0 Å². The Labute approximate surface area is 176 Å². The fraction of sp³-hybridized carbons (Fsp3) is 0.913. The van der Waals surface area contributed by atoms with E-state index in [1.54, 1.807) is 4.90 Å². The van der Waals surface area contributed by atoms with Gasteiger partial charge >= 0.3 is 11.8 Å². The van der Waals surface area contributed by atoms with Gasteiger partial charge < -0.3 is 20.0 Å². The van der Waals surface area contributed by atoms with Crippen LogP contribution in [0.1, 0.15) is 64.2 Å². The molecule has 29 heavy (non-hydrogen) atoms. The molecule has 4 fully saturated rings. The van der Waals surface area contributed by atoms with E-state index in [9.17, 15) is 9.59 Å². The van der Waals surface area contributed by atoms with Gasteiger partial charge in [0.1, 0.15) is 0 Å². The average Bonchev–Trinajstić information content (AvgIpc) is 3.29. The first-order valence-corrected chi connectivity index (χ1v) is 12.1. The number of piperidine rings is 3. The smallest absolute Gasteiger partial charge is 0.311 e. The second kappa shape index (κ2) is 9.78. The molecular weight excluding hydrogens is 364 g/mol. The molecule has 3 saturated heterocycles. The summed E-state index contributed by atoms with van der Waals surface area (Å²) < 4.78 is 0. The maximum absolute atomic E-state index is 12.6. The summed E-state index contributed by atoms with van der Waals surface area (Å²) in [6.45, 7) is 5.99. The quantitative estimate of drug-likeness (QED) is 0.732. The lowest BCUT2D eigenvalue weighted by Crippen LogP contribution is -2.53. The topological polar surface area (TPSA) is 55.9 Å². The van der Waals surface area contributed by atoms with E-state index >= 15 is 0 Å². The summed E-state index contributed by atoms with van der Waals surface area (Å²) in [4.78, 5) is 32.0. The van der Waals surface area contributed by atoms with Gasteiger partial charge in [0.05, 0.1) is 0 Å². The van der Waals surface area contributed by atoms with Crippen molar-refractivity contribution < 1.29 is 9.59 Å². The average molecular weight is 405 g/mol. The van der Waals surface area contributed by atoms with Crippen LogP contribution in [0.5, 0.6) is 0 Å². The number of nitrogens with zero attached hydrogens (tertiary/aromatic N) is 3. The predicted octanol–water partition coefficient (Wildman–Crippen LogP) is 2.09.